The van der Waals surface area contributed by atoms with Crippen molar-refractivity contribution in [1.82, 2.24) is 5.32 Å². The lowest BCUT2D eigenvalue weighted by molar-refractivity contribution is 0.130. The van der Waals surface area contributed by atoms with Crippen LogP contribution < -0.4 is 5.32 Å². The highest BCUT2D eigenvalue weighted by Gasteiger charge is 2.26. The summed E-state index contributed by atoms with van der Waals surface area (Å²) in [6.45, 7) is 4.46. The van der Waals surface area contributed by atoms with Gasteiger partial charge in [-0.1, -0.05) is 26.2 Å². The Balaban J connectivity index is 1.88. The smallest absolute Gasteiger partial charge is 0.151 e. The molecule has 0 spiro atoms. The SMILES string of the molecule is CCCCCCOCCNC1CCS(=O)(=O)C1. The van der Waals surface area contributed by atoms with E-state index in [-0.39, 0.29) is 6.04 Å². The molecule has 0 amide bonds. The van der Waals surface area contributed by atoms with Crippen molar-refractivity contribution in [1.29, 1.82) is 0 Å². The molecule has 4 nitrogen and oxygen atoms in total. The van der Waals surface area contributed by atoms with Crippen LogP contribution in [0.3, 0.4) is 0 Å². The van der Waals surface area contributed by atoms with E-state index >= 15 is 0 Å². The third-order valence-electron chi connectivity index (χ3n) is 3.05. The third-order valence-corrected chi connectivity index (χ3v) is 4.82. The second kappa shape index (κ2) is 8.06. The van der Waals surface area contributed by atoms with Gasteiger partial charge in [0.1, 0.15) is 0 Å². The fraction of sp³-hybridized carbons (Fsp3) is 1.00. The van der Waals surface area contributed by atoms with Crippen molar-refractivity contribution in [3.05, 3.63) is 0 Å². The van der Waals surface area contributed by atoms with Crippen molar-refractivity contribution < 1.29 is 13.2 Å². The Bertz CT molecular complexity index is 290. The Labute approximate surface area is 105 Å². The van der Waals surface area contributed by atoms with E-state index in [0.29, 0.717) is 18.1 Å². The van der Waals surface area contributed by atoms with Gasteiger partial charge in [0.2, 0.25) is 0 Å². The summed E-state index contributed by atoms with van der Waals surface area (Å²) in [5, 5.41) is 3.24. The highest BCUT2D eigenvalue weighted by molar-refractivity contribution is 7.91. The molecule has 5 heteroatoms. The van der Waals surface area contributed by atoms with Gasteiger partial charge in [0, 0.05) is 19.2 Å². The summed E-state index contributed by atoms with van der Waals surface area (Å²) < 4.78 is 27.9. The minimum absolute atomic E-state index is 0.142. The summed E-state index contributed by atoms with van der Waals surface area (Å²) >= 11 is 0. The van der Waals surface area contributed by atoms with Crippen molar-refractivity contribution in [2.24, 2.45) is 0 Å². The average molecular weight is 263 g/mol. The molecule has 0 saturated carbocycles. The Morgan fingerprint density at radius 3 is 2.71 bits per heavy atom. The molecule has 1 saturated heterocycles. The maximum atomic E-state index is 11.2. The van der Waals surface area contributed by atoms with E-state index in [1.54, 1.807) is 0 Å². The van der Waals surface area contributed by atoms with E-state index < -0.39 is 9.84 Å². The van der Waals surface area contributed by atoms with Gasteiger partial charge in [-0.05, 0) is 12.8 Å². The van der Waals surface area contributed by atoms with Crippen LogP contribution in [-0.4, -0.2) is 45.7 Å². The highest BCUT2D eigenvalue weighted by Crippen LogP contribution is 2.10. The zero-order valence-corrected chi connectivity index (χ0v) is 11.6. The Hall–Kier alpha value is -0.130. The average Bonchev–Trinajstić information content (AvgIpc) is 2.62. The summed E-state index contributed by atoms with van der Waals surface area (Å²) in [5.41, 5.74) is 0. The molecule has 0 aromatic carbocycles. The molecule has 102 valence electrons. The van der Waals surface area contributed by atoms with E-state index in [2.05, 4.69) is 12.2 Å². The van der Waals surface area contributed by atoms with Gasteiger partial charge in [0.25, 0.3) is 0 Å². The van der Waals surface area contributed by atoms with Gasteiger partial charge in [-0.3, -0.25) is 0 Å². The molecule has 1 unspecified atom stereocenters. The van der Waals surface area contributed by atoms with Gasteiger partial charge in [0.05, 0.1) is 18.1 Å². The summed E-state index contributed by atoms with van der Waals surface area (Å²) in [6, 6.07) is 0.142. The maximum Gasteiger partial charge on any atom is 0.151 e. The standard InChI is InChI=1S/C12H25NO3S/c1-2-3-4-5-8-16-9-7-13-12-6-10-17(14,15)11-12/h12-13H,2-11H2,1H3. The lowest BCUT2D eigenvalue weighted by Crippen LogP contribution is -2.32. The van der Waals surface area contributed by atoms with E-state index in [4.69, 9.17) is 4.74 Å². The minimum atomic E-state index is -2.76. The van der Waals surface area contributed by atoms with Crippen molar-refractivity contribution in [3.8, 4) is 0 Å². The monoisotopic (exact) mass is 263 g/mol. The van der Waals surface area contributed by atoms with Crippen LogP contribution in [0.25, 0.3) is 0 Å². The molecule has 1 rings (SSSR count). The van der Waals surface area contributed by atoms with Crippen LogP contribution in [0, 0.1) is 0 Å². The Morgan fingerprint density at radius 1 is 1.24 bits per heavy atom. The molecule has 0 radical (unpaired) electrons. The van der Waals surface area contributed by atoms with Gasteiger partial charge >= 0.3 is 0 Å². The first-order valence-electron chi connectivity index (χ1n) is 6.65. The van der Waals surface area contributed by atoms with Crippen LogP contribution >= 0.6 is 0 Å². The second-order valence-electron chi connectivity index (χ2n) is 4.73. The maximum absolute atomic E-state index is 11.2. The van der Waals surface area contributed by atoms with Crippen LogP contribution in [0.5, 0.6) is 0 Å². The van der Waals surface area contributed by atoms with Crippen LogP contribution in [0.2, 0.25) is 0 Å². The molecule has 17 heavy (non-hydrogen) atoms. The van der Waals surface area contributed by atoms with Crippen LogP contribution in [-0.2, 0) is 14.6 Å². The van der Waals surface area contributed by atoms with Gasteiger partial charge in [-0.2, -0.15) is 0 Å². The number of nitrogens with one attached hydrogen (secondary N) is 1. The summed E-state index contributed by atoms with van der Waals surface area (Å²) in [6.07, 6.45) is 5.65. The normalized spacial score (nSPS) is 23.0. The first-order valence-corrected chi connectivity index (χ1v) is 8.48. The Kier molecular flexibility index (Phi) is 7.08. The molecule has 0 aromatic rings. The molecule has 1 aliphatic heterocycles. The quantitative estimate of drug-likeness (QED) is 0.638. The molecular formula is C12H25NO3S. The largest absolute Gasteiger partial charge is 0.380 e. The molecule has 0 bridgehead atoms. The molecule has 1 N–H and O–H groups in total. The molecule has 1 heterocycles. The highest BCUT2D eigenvalue weighted by atomic mass is 32.2. The number of ether oxygens (including phenoxy) is 1. The minimum Gasteiger partial charge on any atom is -0.380 e. The van der Waals surface area contributed by atoms with Gasteiger partial charge in [-0.15, -0.1) is 0 Å². The van der Waals surface area contributed by atoms with Gasteiger partial charge in [-0.25, -0.2) is 8.42 Å². The molecular weight excluding hydrogens is 238 g/mol. The van der Waals surface area contributed by atoms with E-state index in [0.717, 1.165) is 26.0 Å². The van der Waals surface area contributed by atoms with E-state index in [1.807, 2.05) is 0 Å². The van der Waals surface area contributed by atoms with Crippen LogP contribution in [0.15, 0.2) is 0 Å². The summed E-state index contributed by atoms with van der Waals surface area (Å²) in [4.78, 5) is 0. The molecule has 1 atom stereocenters. The fourth-order valence-corrected chi connectivity index (χ4v) is 3.73. The lowest BCUT2D eigenvalue weighted by atomic mass is 10.2. The fourth-order valence-electron chi connectivity index (χ4n) is 2.02. The van der Waals surface area contributed by atoms with Crippen LogP contribution in [0.4, 0.5) is 0 Å². The van der Waals surface area contributed by atoms with Gasteiger partial charge < -0.3 is 10.1 Å². The predicted molar refractivity (Wildman–Crippen MR) is 70.0 cm³/mol. The molecule has 0 aromatic heterocycles. The number of sulfone groups is 1. The second-order valence-corrected chi connectivity index (χ2v) is 6.96. The summed E-state index contributed by atoms with van der Waals surface area (Å²) in [5.74, 6) is 0.631. The topological polar surface area (TPSA) is 55.4 Å². The molecule has 1 fully saturated rings. The number of unbranched alkanes of at least 4 members (excludes halogenated alkanes) is 3. The summed E-state index contributed by atoms with van der Waals surface area (Å²) in [7, 11) is -2.76. The van der Waals surface area contributed by atoms with E-state index in [9.17, 15) is 8.42 Å². The van der Waals surface area contributed by atoms with Crippen molar-refractivity contribution in [3.63, 3.8) is 0 Å². The third kappa shape index (κ3) is 7.01. The zero-order valence-electron chi connectivity index (χ0n) is 10.8. The number of hydrogen-bond acceptors (Lipinski definition) is 4. The first-order chi connectivity index (χ1) is 8.14. The molecule has 1 aliphatic rings. The molecule has 0 aliphatic carbocycles. The van der Waals surface area contributed by atoms with Crippen molar-refractivity contribution >= 4 is 9.84 Å². The van der Waals surface area contributed by atoms with Crippen molar-refractivity contribution in [2.75, 3.05) is 31.3 Å². The number of hydrogen-bond donors (Lipinski definition) is 1. The van der Waals surface area contributed by atoms with Crippen molar-refractivity contribution in [2.45, 2.75) is 45.1 Å². The van der Waals surface area contributed by atoms with Gasteiger partial charge in [0.15, 0.2) is 9.84 Å². The Morgan fingerprint density at radius 2 is 2.06 bits per heavy atom. The number of rotatable bonds is 9. The predicted octanol–water partition coefficient (Wildman–Crippen LogP) is 1.36. The van der Waals surface area contributed by atoms with Crippen LogP contribution in [0.1, 0.15) is 39.0 Å². The lowest BCUT2D eigenvalue weighted by Gasteiger charge is -2.10. The van der Waals surface area contributed by atoms with E-state index in [1.165, 1.54) is 19.3 Å². The zero-order chi connectivity index (χ0) is 12.6. The first kappa shape index (κ1) is 14.9.